The van der Waals surface area contributed by atoms with Crippen molar-refractivity contribution >= 4 is 22.7 Å². The average Bonchev–Trinajstić information content (AvgIpc) is 3.36. The van der Waals surface area contributed by atoms with Crippen LogP contribution in [0.25, 0.3) is 11.0 Å². The Morgan fingerprint density at radius 2 is 2.07 bits per heavy atom. The number of aliphatic hydroxyl groups is 1. The summed E-state index contributed by atoms with van der Waals surface area (Å²) in [7, 11) is 1.77. The van der Waals surface area contributed by atoms with E-state index in [1.807, 2.05) is 12.1 Å². The Bertz CT molecular complexity index is 1030. The van der Waals surface area contributed by atoms with Gasteiger partial charge in [-0.25, -0.2) is 4.98 Å². The molecule has 5 heterocycles. The van der Waals surface area contributed by atoms with Gasteiger partial charge < -0.3 is 19.3 Å². The van der Waals surface area contributed by atoms with Gasteiger partial charge in [-0.15, -0.1) is 0 Å². The number of piperidine rings is 2. The van der Waals surface area contributed by atoms with E-state index in [2.05, 4.69) is 15.0 Å². The number of aromatic nitrogens is 3. The predicted octanol–water partition coefficient (Wildman–Crippen LogP) is 2.05. The molecule has 29 heavy (non-hydrogen) atoms. The Morgan fingerprint density at radius 1 is 1.24 bits per heavy atom. The number of amides is 1. The first-order valence-corrected chi connectivity index (χ1v) is 10.1. The molecule has 2 aliphatic rings. The van der Waals surface area contributed by atoms with Crippen LogP contribution in [0.3, 0.4) is 0 Å². The standard InChI is InChI=1S/C21H25N5O3/c1-24-17(2-8-23-24)20(28)26-13-15(27)12-21(14-26)5-9-25(10-6-21)19-16-4-11-29-18(16)3-7-22-19/h2-4,7-8,11,15,27H,5-6,9-10,12-14H2,1H3. The summed E-state index contributed by atoms with van der Waals surface area (Å²) in [5.41, 5.74) is 1.34. The lowest BCUT2D eigenvalue weighted by molar-refractivity contribution is -0.0154. The van der Waals surface area contributed by atoms with E-state index >= 15 is 0 Å². The second-order valence-corrected chi connectivity index (χ2v) is 8.34. The molecule has 0 aromatic carbocycles. The third-order valence-corrected chi connectivity index (χ3v) is 6.44. The van der Waals surface area contributed by atoms with Gasteiger partial charge in [0.05, 0.1) is 17.8 Å². The molecule has 0 radical (unpaired) electrons. The number of fused-ring (bicyclic) bond motifs is 1. The van der Waals surface area contributed by atoms with Crippen molar-refractivity contribution in [2.24, 2.45) is 12.5 Å². The highest BCUT2D eigenvalue weighted by atomic mass is 16.3. The summed E-state index contributed by atoms with van der Waals surface area (Å²) in [5, 5.41) is 15.7. The number of carbonyl (C=O) groups excluding carboxylic acids is 1. The molecule has 2 aliphatic heterocycles. The van der Waals surface area contributed by atoms with Crippen LogP contribution in [-0.4, -0.2) is 63.0 Å². The van der Waals surface area contributed by atoms with E-state index in [9.17, 15) is 9.90 Å². The number of β-amino-alcohol motifs (C(OH)–C–C–N with tert-alkyl or cyclic N) is 1. The summed E-state index contributed by atoms with van der Waals surface area (Å²) in [6, 6.07) is 5.57. The SMILES string of the molecule is Cn1nccc1C(=O)N1CC(O)CC2(CCN(c3nccc4occc34)CC2)C1. The maximum Gasteiger partial charge on any atom is 0.272 e. The molecule has 1 unspecified atom stereocenters. The first-order valence-electron chi connectivity index (χ1n) is 10.1. The minimum atomic E-state index is -0.497. The lowest BCUT2D eigenvalue weighted by Gasteiger charge is -2.49. The van der Waals surface area contributed by atoms with Crippen LogP contribution in [0.1, 0.15) is 29.8 Å². The molecule has 2 fully saturated rings. The minimum Gasteiger partial charge on any atom is -0.464 e. The van der Waals surface area contributed by atoms with Crippen molar-refractivity contribution in [3.05, 3.63) is 42.5 Å². The topological polar surface area (TPSA) is 87.6 Å². The molecule has 0 bridgehead atoms. The van der Waals surface area contributed by atoms with Gasteiger partial charge in [-0.2, -0.15) is 5.10 Å². The number of nitrogens with zero attached hydrogens (tertiary/aromatic N) is 5. The molecule has 1 atom stereocenters. The van der Waals surface area contributed by atoms with E-state index in [-0.39, 0.29) is 11.3 Å². The van der Waals surface area contributed by atoms with Gasteiger partial charge in [0.25, 0.3) is 5.91 Å². The third kappa shape index (κ3) is 3.17. The predicted molar refractivity (Wildman–Crippen MR) is 108 cm³/mol. The van der Waals surface area contributed by atoms with Gasteiger partial charge in [0.15, 0.2) is 0 Å². The van der Waals surface area contributed by atoms with Crippen molar-refractivity contribution in [3.8, 4) is 0 Å². The highest BCUT2D eigenvalue weighted by Crippen LogP contribution is 2.41. The number of pyridine rings is 1. The Kier molecular flexibility index (Phi) is 4.31. The van der Waals surface area contributed by atoms with Gasteiger partial charge in [-0.05, 0) is 42.9 Å². The average molecular weight is 395 g/mol. The summed E-state index contributed by atoms with van der Waals surface area (Å²) in [5.74, 6) is 0.890. The van der Waals surface area contributed by atoms with Gasteiger partial charge in [0, 0.05) is 45.6 Å². The largest absolute Gasteiger partial charge is 0.464 e. The quantitative estimate of drug-likeness (QED) is 0.715. The molecule has 0 saturated carbocycles. The maximum atomic E-state index is 13.0. The lowest BCUT2D eigenvalue weighted by Crippen LogP contribution is -2.55. The number of hydrogen-bond donors (Lipinski definition) is 1. The van der Waals surface area contributed by atoms with Gasteiger partial charge in [0.2, 0.25) is 0 Å². The number of hydrogen-bond acceptors (Lipinski definition) is 6. The summed E-state index contributed by atoms with van der Waals surface area (Å²) in [4.78, 5) is 21.6. The van der Waals surface area contributed by atoms with Crippen molar-refractivity contribution in [1.29, 1.82) is 0 Å². The summed E-state index contributed by atoms with van der Waals surface area (Å²) < 4.78 is 7.10. The highest BCUT2D eigenvalue weighted by molar-refractivity contribution is 5.92. The monoisotopic (exact) mass is 395 g/mol. The first-order chi connectivity index (χ1) is 14.0. The van der Waals surface area contributed by atoms with E-state index in [0.717, 1.165) is 49.1 Å². The first kappa shape index (κ1) is 18.2. The van der Waals surface area contributed by atoms with Crippen molar-refractivity contribution in [1.82, 2.24) is 19.7 Å². The van der Waals surface area contributed by atoms with Crippen molar-refractivity contribution in [2.75, 3.05) is 31.1 Å². The van der Waals surface area contributed by atoms with Crippen LogP contribution in [0.5, 0.6) is 0 Å². The maximum absolute atomic E-state index is 13.0. The van der Waals surface area contributed by atoms with Gasteiger partial charge in [0.1, 0.15) is 17.1 Å². The van der Waals surface area contributed by atoms with Gasteiger partial charge in [-0.3, -0.25) is 9.48 Å². The zero-order chi connectivity index (χ0) is 20.0. The van der Waals surface area contributed by atoms with Crippen molar-refractivity contribution < 1.29 is 14.3 Å². The summed E-state index contributed by atoms with van der Waals surface area (Å²) in [6.07, 6.45) is 7.17. The number of rotatable bonds is 2. The fraction of sp³-hybridized carbons (Fsp3) is 0.476. The molecule has 152 valence electrons. The fourth-order valence-corrected chi connectivity index (χ4v) is 4.94. The van der Waals surface area contributed by atoms with E-state index in [4.69, 9.17) is 4.42 Å². The molecular formula is C21H25N5O3. The van der Waals surface area contributed by atoms with Crippen molar-refractivity contribution in [3.63, 3.8) is 0 Å². The van der Waals surface area contributed by atoms with Crippen LogP contribution in [0.4, 0.5) is 5.82 Å². The molecule has 5 rings (SSSR count). The zero-order valence-electron chi connectivity index (χ0n) is 16.5. The van der Waals surface area contributed by atoms with Crippen molar-refractivity contribution in [2.45, 2.75) is 25.4 Å². The van der Waals surface area contributed by atoms with E-state index in [1.54, 1.807) is 41.4 Å². The summed E-state index contributed by atoms with van der Waals surface area (Å²) >= 11 is 0. The van der Waals surface area contributed by atoms with Crippen LogP contribution in [-0.2, 0) is 7.05 Å². The molecule has 1 spiro atoms. The number of aliphatic hydroxyl groups excluding tert-OH is 1. The molecule has 2 saturated heterocycles. The van der Waals surface area contributed by atoms with E-state index in [0.29, 0.717) is 18.8 Å². The Labute approximate surface area is 168 Å². The molecule has 1 amide bonds. The Hall–Kier alpha value is -2.87. The lowest BCUT2D eigenvalue weighted by atomic mass is 9.71. The molecule has 1 N–H and O–H groups in total. The second-order valence-electron chi connectivity index (χ2n) is 8.34. The molecule has 3 aromatic rings. The second kappa shape index (κ2) is 6.88. The van der Waals surface area contributed by atoms with E-state index < -0.39 is 6.10 Å². The molecular weight excluding hydrogens is 370 g/mol. The van der Waals surface area contributed by atoms with E-state index in [1.165, 1.54) is 0 Å². The van der Waals surface area contributed by atoms with Gasteiger partial charge in [-0.1, -0.05) is 0 Å². The molecule has 8 heteroatoms. The molecule has 0 aliphatic carbocycles. The van der Waals surface area contributed by atoms with Crippen LogP contribution in [0.15, 0.2) is 41.3 Å². The fourth-order valence-electron chi connectivity index (χ4n) is 4.94. The van der Waals surface area contributed by atoms with Gasteiger partial charge >= 0.3 is 0 Å². The van der Waals surface area contributed by atoms with Crippen LogP contribution in [0, 0.1) is 5.41 Å². The Balaban J connectivity index is 1.33. The Morgan fingerprint density at radius 3 is 2.83 bits per heavy atom. The van der Waals surface area contributed by atoms with Crippen LogP contribution >= 0.6 is 0 Å². The number of carbonyl (C=O) groups is 1. The minimum absolute atomic E-state index is 0.0598. The summed E-state index contributed by atoms with van der Waals surface area (Å²) in [6.45, 7) is 2.74. The zero-order valence-corrected chi connectivity index (χ0v) is 16.5. The highest BCUT2D eigenvalue weighted by Gasteiger charge is 2.43. The molecule has 3 aromatic heterocycles. The van der Waals surface area contributed by atoms with Crippen LogP contribution in [0.2, 0.25) is 0 Å². The number of likely N-dealkylation sites (tertiary alicyclic amines) is 1. The smallest absolute Gasteiger partial charge is 0.272 e. The normalized spacial score (nSPS) is 21.8. The molecule has 8 nitrogen and oxygen atoms in total. The number of furan rings is 1. The third-order valence-electron chi connectivity index (χ3n) is 6.44. The number of anilines is 1. The number of aryl methyl sites for hydroxylation is 1. The van der Waals surface area contributed by atoms with Crippen LogP contribution < -0.4 is 4.90 Å².